The summed E-state index contributed by atoms with van der Waals surface area (Å²) in [5, 5.41) is 2.38. The number of rotatable bonds is 14. The van der Waals surface area contributed by atoms with E-state index < -0.39 is 31.9 Å². The highest BCUT2D eigenvalue weighted by Crippen LogP contribution is 2.14. The Hall–Kier alpha value is -3.78. The minimum atomic E-state index is -4.07. The predicted octanol–water partition coefficient (Wildman–Crippen LogP) is 3.48. The number of esters is 1. The predicted molar refractivity (Wildman–Crippen MR) is 152 cm³/mol. The van der Waals surface area contributed by atoms with Gasteiger partial charge in [-0.15, -0.1) is 0 Å². The first kappa shape index (κ1) is 31.7. The molecule has 0 unspecified atom stereocenters. The fraction of sp³-hybridized carbons (Fsp3) is 0.286. The summed E-state index contributed by atoms with van der Waals surface area (Å²) in [6.45, 7) is 4.11. The lowest BCUT2D eigenvalue weighted by Gasteiger charge is -2.10. The first-order chi connectivity index (χ1) is 19.5. The average molecular weight is 605 g/mol. The van der Waals surface area contributed by atoms with Crippen LogP contribution < -0.4 is 10.0 Å². The summed E-state index contributed by atoms with van der Waals surface area (Å²) < 4.78 is 67.1. The van der Waals surface area contributed by atoms with Crippen LogP contribution in [0.15, 0.2) is 82.6 Å². The number of benzene rings is 3. The van der Waals surface area contributed by atoms with Gasteiger partial charge < -0.3 is 19.5 Å². The van der Waals surface area contributed by atoms with Gasteiger partial charge in [-0.2, -0.15) is 0 Å². The van der Waals surface area contributed by atoms with E-state index in [1.807, 2.05) is 18.6 Å². The van der Waals surface area contributed by atoms with Gasteiger partial charge in [-0.25, -0.2) is 31.1 Å². The van der Waals surface area contributed by atoms with Crippen LogP contribution in [-0.2, 0) is 34.1 Å². The van der Waals surface area contributed by atoms with Crippen molar-refractivity contribution in [1.29, 1.82) is 0 Å². The van der Waals surface area contributed by atoms with E-state index >= 15 is 0 Å². The lowest BCUT2D eigenvalue weighted by Crippen LogP contribution is -2.34. The quantitative estimate of drug-likeness (QED) is 0.208. The Morgan fingerprint density at radius 2 is 1.27 bits per heavy atom. The minimum absolute atomic E-state index is 0.0227. The molecule has 3 aromatic rings. The van der Waals surface area contributed by atoms with Crippen LogP contribution in [0.2, 0.25) is 0 Å². The molecule has 0 saturated heterocycles. The second kappa shape index (κ2) is 14.7. The lowest BCUT2D eigenvalue weighted by atomic mass is 10.2. The molecule has 0 aliphatic heterocycles. The minimum Gasteiger partial charge on any atom is -0.460 e. The van der Waals surface area contributed by atoms with E-state index in [1.54, 1.807) is 36.4 Å². The molecular weight excluding hydrogens is 572 g/mol. The molecular formula is C28H32N2O9S2. The van der Waals surface area contributed by atoms with Gasteiger partial charge in [0.2, 0.25) is 0 Å². The van der Waals surface area contributed by atoms with Crippen LogP contribution in [-0.4, -0.2) is 67.6 Å². The van der Waals surface area contributed by atoms with Crippen LogP contribution >= 0.6 is 0 Å². The molecule has 13 heteroatoms. The second-order valence-corrected chi connectivity index (χ2v) is 12.7. The van der Waals surface area contributed by atoms with Gasteiger partial charge >= 0.3 is 12.0 Å². The molecule has 3 rings (SSSR count). The van der Waals surface area contributed by atoms with Crippen LogP contribution in [0.3, 0.4) is 0 Å². The molecule has 3 aromatic carbocycles. The third-order valence-corrected chi connectivity index (χ3v) is 8.67. The molecule has 0 aromatic heterocycles. The molecule has 0 aliphatic carbocycles. The molecule has 2 amide bonds. The van der Waals surface area contributed by atoms with E-state index in [4.69, 9.17) is 14.2 Å². The van der Waals surface area contributed by atoms with Crippen LogP contribution in [0, 0.1) is 13.8 Å². The van der Waals surface area contributed by atoms with E-state index in [9.17, 15) is 26.4 Å². The van der Waals surface area contributed by atoms with Gasteiger partial charge in [-0.3, -0.25) is 0 Å². The molecule has 0 aliphatic rings. The smallest absolute Gasteiger partial charge is 0.338 e. The summed E-state index contributed by atoms with van der Waals surface area (Å²) in [5.74, 6) is -0.811. The van der Waals surface area contributed by atoms with Crippen molar-refractivity contribution in [3.8, 4) is 0 Å². The fourth-order valence-electron chi connectivity index (χ4n) is 3.41. The Morgan fingerprint density at radius 1 is 0.707 bits per heavy atom. The first-order valence-electron chi connectivity index (χ1n) is 12.6. The molecule has 0 fully saturated rings. The highest BCUT2D eigenvalue weighted by atomic mass is 32.2. The fourth-order valence-corrected chi connectivity index (χ4v) is 5.44. The third kappa shape index (κ3) is 10.3. The van der Waals surface area contributed by atoms with E-state index in [-0.39, 0.29) is 59.8 Å². The molecule has 0 heterocycles. The van der Waals surface area contributed by atoms with E-state index in [0.29, 0.717) is 0 Å². The van der Waals surface area contributed by atoms with Crippen molar-refractivity contribution in [2.24, 2.45) is 0 Å². The number of sulfone groups is 1. The number of carbonyl (C=O) groups excluding carboxylic acids is 2. The van der Waals surface area contributed by atoms with Crippen molar-refractivity contribution in [1.82, 2.24) is 4.72 Å². The van der Waals surface area contributed by atoms with Gasteiger partial charge in [0.1, 0.15) is 6.61 Å². The lowest BCUT2D eigenvalue weighted by molar-refractivity contribution is 0.0166. The maximum atomic E-state index is 12.4. The molecule has 0 atom stereocenters. The van der Waals surface area contributed by atoms with Gasteiger partial charge in [0.25, 0.3) is 10.0 Å². The number of nitrogens with one attached hydrogen (secondary N) is 2. The number of aryl methyl sites for hydroxylation is 2. The number of anilines is 1. The maximum Gasteiger partial charge on any atom is 0.338 e. The van der Waals surface area contributed by atoms with E-state index in [1.165, 1.54) is 36.4 Å². The number of hydrogen-bond donors (Lipinski definition) is 2. The largest absolute Gasteiger partial charge is 0.460 e. The molecule has 220 valence electrons. The van der Waals surface area contributed by atoms with Gasteiger partial charge in [0.05, 0.1) is 47.5 Å². The first-order valence-corrected chi connectivity index (χ1v) is 15.7. The van der Waals surface area contributed by atoms with Crippen molar-refractivity contribution < 1.29 is 40.6 Å². The monoisotopic (exact) mass is 604 g/mol. The topological polar surface area (TPSA) is 154 Å². The van der Waals surface area contributed by atoms with Crippen molar-refractivity contribution in [2.45, 2.75) is 23.6 Å². The standard InChI is InChI=1S/C28H32N2O9S2/c1-21-6-10-25(11-7-21)40(33,34)19-18-38-15-14-37-16-17-39-27(31)23-4-3-5-24(20-23)29-28(32)30-41(35,36)26-12-8-22(2)9-13-26/h3-13,20H,14-19H2,1-2H3,(H2,29,30,32). The van der Waals surface area contributed by atoms with Gasteiger partial charge in [-0.05, 0) is 56.3 Å². The van der Waals surface area contributed by atoms with Crippen LogP contribution in [0.1, 0.15) is 21.5 Å². The summed E-state index contributed by atoms with van der Waals surface area (Å²) in [5.41, 5.74) is 2.18. The highest BCUT2D eigenvalue weighted by Gasteiger charge is 2.18. The highest BCUT2D eigenvalue weighted by molar-refractivity contribution is 7.91. The van der Waals surface area contributed by atoms with Crippen molar-refractivity contribution in [3.05, 3.63) is 89.5 Å². The van der Waals surface area contributed by atoms with Crippen LogP contribution in [0.25, 0.3) is 0 Å². The summed E-state index contributed by atoms with van der Waals surface area (Å²) in [7, 11) is -7.49. The number of hydrogen-bond acceptors (Lipinski definition) is 9. The SMILES string of the molecule is Cc1ccc(S(=O)(=O)CCOCCOCCOC(=O)c2cccc(NC(=O)NS(=O)(=O)c3ccc(C)cc3)c2)cc1. The van der Waals surface area contributed by atoms with E-state index in [2.05, 4.69) is 5.32 Å². The Balaban J connectivity index is 1.33. The molecule has 0 spiro atoms. The number of amides is 2. The van der Waals surface area contributed by atoms with Crippen molar-refractivity contribution in [3.63, 3.8) is 0 Å². The van der Waals surface area contributed by atoms with Crippen LogP contribution in [0.5, 0.6) is 0 Å². The Kier molecular flexibility index (Phi) is 11.4. The summed E-state index contributed by atoms with van der Waals surface area (Å²) in [6, 6.07) is 17.5. The molecule has 0 bridgehead atoms. The normalized spacial score (nSPS) is 11.6. The summed E-state index contributed by atoms with van der Waals surface area (Å²) in [4.78, 5) is 24.8. The van der Waals surface area contributed by atoms with Crippen molar-refractivity contribution >= 4 is 37.5 Å². The Morgan fingerprint density at radius 3 is 1.90 bits per heavy atom. The molecule has 11 nitrogen and oxygen atoms in total. The summed E-state index contributed by atoms with van der Waals surface area (Å²) in [6.07, 6.45) is 0. The zero-order valence-electron chi connectivity index (χ0n) is 22.7. The number of ether oxygens (including phenoxy) is 3. The number of carbonyl (C=O) groups is 2. The Bertz CT molecular complexity index is 1540. The molecule has 2 N–H and O–H groups in total. The number of urea groups is 1. The van der Waals surface area contributed by atoms with Gasteiger partial charge in [-0.1, -0.05) is 41.5 Å². The second-order valence-electron chi connectivity index (χ2n) is 8.95. The Labute approximate surface area is 239 Å². The van der Waals surface area contributed by atoms with Crippen molar-refractivity contribution in [2.75, 3.05) is 44.1 Å². The molecule has 0 radical (unpaired) electrons. The summed E-state index contributed by atoms with van der Waals surface area (Å²) >= 11 is 0. The van der Waals surface area contributed by atoms with Crippen LogP contribution in [0.4, 0.5) is 10.5 Å². The van der Waals surface area contributed by atoms with E-state index in [0.717, 1.165) is 11.1 Å². The molecule has 0 saturated carbocycles. The number of sulfonamides is 1. The zero-order valence-corrected chi connectivity index (χ0v) is 24.3. The zero-order chi connectivity index (χ0) is 29.9. The van der Waals surface area contributed by atoms with Gasteiger partial charge in [0.15, 0.2) is 9.84 Å². The van der Waals surface area contributed by atoms with Gasteiger partial charge in [0, 0.05) is 5.69 Å². The third-order valence-electron chi connectivity index (χ3n) is 5.62. The maximum absolute atomic E-state index is 12.4. The average Bonchev–Trinajstić information content (AvgIpc) is 2.92. The molecule has 41 heavy (non-hydrogen) atoms.